The van der Waals surface area contributed by atoms with Gasteiger partial charge in [0.05, 0.1) is 24.3 Å². The number of halogens is 3. The predicted molar refractivity (Wildman–Crippen MR) is 158 cm³/mol. The number of aromatic nitrogens is 2. The Morgan fingerprint density at radius 2 is 1.74 bits per heavy atom. The Morgan fingerprint density at radius 1 is 1.06 bits per heavy atom. The lowest BCUT2D eigenvalue weighted by molar-refractivity contribution is 0.302. The molecule has 4 aromatic rings. The van der Waals surface area contributed by atoms with Crippen molar-refractivity contribution >= 4 is 78.2 Å². The smallest absolute Gasteiger partial charge is 0.282 e. The lowest BCUT2D eigenvalue weighted by Crippen LogP contribution is -2.29. The molecule has 0 amide bonds. The van der Waals surface area contributed by atoms with Gasteiger partial charge < -0.3 is 4.74 Å². The first-order valence-corrected chi connectivity index (χ1v) is 13.5. The van der Waals surface area contributed by atoms with Crippen molar-refractivity contribution in [3.05, 3.63) is 99.6 Å². The fourth-order valence-electron chi connectivity index (χ4n) is 3.39. The van der Waals surface area contributed by atoms with Gasteiger partial charge in [0.15, 0.2) is 0 Å². The molecule has 0 N–H and O–H groups in total. The minimum absolute atomic E-state index is 0.195. The molecule has 0 atom stereocenters. The van der Waals surface area contributed by atoms with Gasteiger partial charge in [-0.1, -0.05) is 67.0 Å². The van der Waals surface area contributed by atoms with Crippen molar-refractivity contribution in [1.82, 2.24) is 9.66 Å². The van der Waals surface area contributed by atoms with Crippen LogP contribution in [0.1, 0.15) is 37.7 Å². The first-order chi connectivity index (χ1) is 16.1. The highest BCUT2D eigenvalue weighted by Crippen LogP contribution is 2.29. The van der Waals surface area contributed by atoms with Gasteiger partial charge >= 0.3 is 0 Å². The minimum Gasteiger partial charge on any atom is -0.487 e. The monoisotopic (exact) mass is 741 g/mol. The van der Waals surface area contributed by atoms with Gasteiger partial charge in [-0.15, -0.1) is 0 Å². The van der Waals surface area contributed by atoms with Gasteiger partial charge in [-0.3, -0.25) is 4.79 Å². The van der Waals surface area contributed by atoms with Crippen LogP contribution in [0.2, 0.25) is 0 Å². The first kappa shape index (κ1) is 25.3. The Morgan fingerprint density at radius 3 is 2.38 bits per heavy atom. The molecule has 0 aliphatic carbocycles. The van der Waals surface area contributed by atoms with Gasteiger partial charge in [-0.2, -0.15) is 9.78 Å². The third kappa shape index (κ3) is 5.71. The number of rotatable bonds is 5. The molecule has 0 aliphatic heterocycles. The van der Waals surface area contributed by atoms with E-state index in [1.165, 1.54) is 4.68 Å². The fraction of sp³-hybridized carbons (Fsp3) is 0.192. The molecule has 0 unspecified atom stereocenters. The van der Waals surface area contributed by atoms with Crippen LogP contribution in [0.3, 0.4) is 0 Å². The second-order valence-corrected chi connectivity index (χ2v) is 12.0. The molecule has 34 heavy (non-hydrogen) atoms. The third-order valence-electron chi connectivity index (χ3n) is 5.05. The van der Waals surface area contributed by atoms with Gasteiger partial charge in [-0.25, -0.2) is 4.98 Å². The highest BCUT2D eigenvalue weighted by molar-refractivity contribution is 14.1. The summed E-state index contributed by atoms with van der Waals surface area (Å²) in [4.78, 5) is 18.1. The molecular weight excluding hydrogens is 720 g/mol. The van der Waals surface area contributed by atoms with Crippen molar-refractivity contribution < 1.29 is 4.74 Å². The summed E-state index contributed by atoms with van der Waals surface area (Å²) >= 11 is 7.99. The number of fused-ring (bicyclic) bond motifs is 1. The molecule has 0 bridgehead atoms. The molecule has 174 valence electrons. The maximum Gasteiger partial charge on any atom is 0.282 e. The Hall–Kier alpha value is -1.79. The van der Waals surface area contributed by atoms with Gasteiger partial charge in [0, 0.05) is 9.89 Å². The molecule has 5 nitrogen and oxygen atoms in total. The predicted octanol–water partition coefficient (Wildman–Crippen LogP) is 7.13. The van der Waals surface area contributed by atoms with E-state index in [1.807, 2.05) is 75.4 Å². The van der Waals surface area contributed by atoms with E-state index >= 15 is 0 Å². The normalized spacial score (nSPS) is 11.9. The summed E-state index contributed by atoms with van der Waals surface area (Å²) in [6, 6.07) is 19.6. The maximum absolute atomic E-state index is 13.3. The summed E-state index contributed by atoms with van der Waals surface area (Å²) in [7, 11) is 0. The van der Waals surface area contributed by atoms with Crippen LogP contribution in [-0.2, 0) is 12.0 Å². The number of ether oxygens (including phenoxy) is 1. The van der Waals surface area contributed by atoms with Crippen LogP contribution >= 0.6 is 61.1 Å². The van der Waals surface area contributed by atoms with Crippen molar-refractivity contribution in [3.8, 4) is 5.75 Å². The van der Waals surface area contributed by atoms with Crippen LogP contribution in [0.15, 0.2) is 75.0 Å². The van der Waals surface area contributed by atoms with E-state index in [0.717, 1.165) is 28.5 Å². The largest absolute Gasteiger partial charge is 0.487 e. The molecular formula is C26H22BrI2N3O2. The van der Waals surface area contributed by atoms with E-state index in [1.54, 1.807) is 12.3 Å². The van der Waals surface area contributed by atoms with E-state index in [4.69, 9.17) is 9.72 Å². The van der Waals surface area contributed by atoms with Crippen LogP contribution in [0, 0.1) is 7.14 Å². The zero-order valence-electron chi connectivity index (χ0n) is 18.8. The van der Waals surface area contributed by atoms with Crippen molar-refractivity contribution in [2.75, 3.05) is 0 Å². The molecule has 0 aliphatic rings. The number of benzene rings is 3. The molecule has 1 heterocycles. The average molecular weight is 742 g/mol. The quantitative estimate of drug-likeness (QED) is 0.162. The standard InChI is InChI=1S/C26H22BrI2N3O2/c1-26(2,3)25-31-22-10-9-18(27)13-19(22)24(33)32(25)30-14-17-11-20(28)23(21(29)12-17)34-15-16-7-5-4-6-8-16/h4-14H,15H2,1-3H3. The van der Waals surface area contributed by atoms with Crippen molar-refractivity contribution in [3.63, 3.8) is 0 Å². The van der Waals surface area contributed by atoms with E-state index in [-0.39, 0.29) is 11.0 Å². The number of hydrogen-bond acceptors (Lipinski definition) is 4. The summed E-state index contributed by atoms with van der Waals surface area (Å²) in [5.74, 6) is 1.45. The van der Waals surface area contributed by atoms with Crippen LogP contribution in [-0.4, -0.2) is 15.9 Å². The van der Waals surface area contributed by atoms with Gasteiger partial charge in [-0.05, 0) is 86.6 Å². The summed E-state index contributed by atoms with van der Waals surface area (Å²) in [6.45, 7) is 6.58. The second kappa shape index (κ2) is 10.4. The minimum atomic E-state index is -0.365. The van der Waals surface area contributed by atoms with E-state index in [2.05, 4.69) is 66.2 Å². The maximum atomic E-state index is 13.3. The zero-order chi connectivity index (χ0) is 24.5. The summed E-state index contributed by atoms with van der Waals surface area (Å²) < 4.78 is 10.3. The SMILES string of the molecule is CC(C)(C)c1nc2ccc(Br)cc2c(=O)n1N=Cc1cc(I)c(OCc2ccccc2)c(I)c1. The van der Waals surface area contributed by atoms with Crippen LogP contribution in [0.25, 0.3) is 10.9 Å². The molecule has 3 aromatic carbocycles. The number of nitrogens with zero attached hydrogens (tertiary/aromatic N) is 3. The molecule has 0 radical (unpaired) electrons. The molecule has 0 fully saturated rings. The molecule has 4 rings (SSSR count). The zero-order valence-corrected chi connectivity index (χ0v) is 24.8. The van der Waals surface area contributed by atoms with E-state index < -0.39 is 0 Å². The van der Waals surface area contributed by atoms with Crippen LogP contribution < -0.4 is 10.3 Å². The third-order valence-corrected chi connectivity index (χ3v) is 7.14. The van der Waals surface area contributed by atoms with Crippen molar-refractivity contribution in [1.29, 1.82) is 0 Å². The summed E-state index contributed by atoms with van der Waals surface area (Å²) in [5.41, 5.74) is 2.09. The summed E-state index contributed by atoms with van der Waals surface area (Å²) in [6.07, 6.45) is 1.70. The van der Waals surface area contributed by atoms with Crippen molar-refractivity contribution in [2.24, 2.45) is 5.10 Å². The first-order valence-electron chi connectivity index (χ1n) is 10.6. The Kier molecular flexibility index (Phi) is 7.78. The number of hydrogen-bond donors (Lipinski definition) is 0. The highest BCUT2D eigenvalue weighted by Gasteiger charge is 2.23. The van der Waals surface area contributed by atoms with Gasteiger partial charge in [0.2, 0.25) is 0 Å². The van der Waals surface area contributed by atoms with Gasteiger partial charge in [0.1, 0.15) is 18.2 Å². The topological polar surface area (TPSA) is 56.5 Å². The van der Waals surface area contributed by atoms with Gasteiger partial charge in [0.25, 0.3) is 5.56 Å². The van der Waals surface area contributed by atoms with Crippen LogP contribution in [0.4, 0.5) is 0 Å². The molecule has 0 saturated heterocycles. The van der Waals surface area contributed by atoms with E-state index in [9.17, 15) is 4.79 Å². The lowest BCUT2D eigenvalue weighted by atomic mass is 9.95. The highest BCUT2D eigenvalue weighted by atomic mass is 127. The Labute approximate surface area is 234 Å². The van der Waals surface area contributed by atoms with E-state index in [0.29, 0.717) is 23.3 Å². The Bertz CT molecular complexity index is 1420. The Balaban J connectivity index is 1.70. The molecule has 0 saturated carbocycles. The molecule has 0 spiro atoms. The lowest BCUT2D eigenvalue weighted by Gasteiger charge is -2.21. The fourth-order valence-corrected chi connectivity index (χ4v) is 5.88. The van der Waals surface area contributed by atoms with Crippen LogP contribution in [0.5, 0.6) is 5.75 Å². The molecule has 1 aromatic heterocycles. The summed E-state index contributed by atoms with van der Waals surface area (Å²) in [5, 5.41) is 5.10. The molecule has 8 heteroatoms. The second-order valence-electron chi connectivity index (χ2n) is 8.80. The average Bonchev–Trinajstić information content (AvgIpc) is 2.78. The van der Waals surface area contributed by atoms with Crippen molar-refractivity contribution in [2.45, 2.75) is 32.8 Å².